The summed E-state index contributed by atoms with van der Waals surface area (Å²) < 4.78 is 7.80. The van der Waals surface area contributed by atoms with Crippen LogP contribution in [0.1, 0.15) is 25.0 Å². The Morgan fingerprint density at radius 3 is 2.36 bits per heavy atom. The summed E-state index contributed by atoms with van der Waals surface area (Å²) in [4.78, 5) is 2.10. The first kappa shape index (κ1) is 21.0. The molecule has 7 heteroatoms. The van der Waals surface area contributed by atoms with Crippen molar-refractivity contribution >= 4 is 52.9 Å². The van der Waals surface area contributed by atoms with Gasteiger partial charge in [0.15, 0.2) is 0 Å². The Hall–Kier alpha value is -0.307. The zero-order valence-electron chi connectivity index (χ0n) is 14.0. The number of nitrogens with zero attached hydrogens (tertiary/aromatic N) is 1. The molecular weight excluding hydrogens is 489 g/mol. The van der Waals surface area contributed by atoms with Gasteiger partial charge in [-0.25, -0.2) is 0 Å². The zero-order valence-corrected chi connectivity index (χ0v) is 18.8. The molecule has 0 bridgehead atoms. The second kappa shape index (κ2) is 9.58. The molecule has 0 aromatic heterocycles. The normalized spacial score (nSPS) is 11.4. The molecule has 0 saturated carbocycles. The van der Waals surface area contributed by atoms with Gasteiger partial charge < -0.3 is 0 Å². The van der Waals surface area contributed by atoms with Crippen LogP contribution in [0.2, 0.25) is 10.0 Å². The molecule has 0 aliphatic carbocycles. The van der Waals surface area contributed by atoms with Crippen molar-refractivity contribution in [2.24, 2.45) is 0 Å². The number of rotatable bonds is 6. The molecule has 0 amide bonds. The molecule has 2 aromatic rings. The minimum absolute atomic E-state index is 0.0871. The van der Waals surface area contributed by atoms with Gasteiger partial charge in [-0.3, -0.25) is 0 Å². The summed E-state index contributed by atoms with van der Waals surface area (Å²) in [7, 11) is 14.1. The van der Waals surface area contributed by atoms with Crippen LogP contribution in [0.25, 0.3) is 0 Å². The summed E-state index contributed by atoms with van der Waals surface area (Å²) in [5, 5.41) is 1.33. The van der Waals surface area contributed by atoms with Crippen molar-refractivity contribution in [3.05, 3.63) is 57.6 Å². The third-order valence-electron chi connectivity index (χ3n) is 3.38. The van der Waals surface area contributed by atoms with Crippen LogP contribution in [0.3, 0.4) is 0 Å². The van der Waals surface area contributed by atoms with Crippen molar-refractivity contribution in [3.8, 4) is 5.75 Å². The van der Waals surface area contributed by atoms with Gasteiger partial charge in [-0.05, 0) is 0 Å². The van der Waals surface area contributed by atoms with Crippen molar-refractivity contribution < 1.29 is 18.3 Å². The van der Waals surface area contributed by atoms with Crippen LogP contribution in [0.15, 0.2) is 36.4 Å². The summed E-state index contributed by atoms with van der Waals surface area (Å²) in [5.41, 5.74) is 2.95. The van der Waals surface area contributed by atoms with Gasteiger partial charge in [-0.1, -0.05) is 0 Å². The first-order valence-electron chi connectivity index (χ1n) is 7.55. The Labute approximate surface area is 172 Å². The Kier molecular flexibility index (Phi) is 8.04. The fourth-order valence-electron chi connectivity index (χ4n) is 2.42. The Morgan fingerprint density at radius 2 is 1.72 bits per heavy atom. The van der Waals surface area contributed by atoms with E-state index in [4.69, 9.17) is 47.3 Å². The predicted octanol–water partition coefficient (Wildman–Crippen LogP) is 6.49. The summed E-state index contributed by atoms with van der Waals surface area (Å²) in [6.07, 6.45) is 0.0871. The van der Waals surface area contributed by atoms with Gasteiger partial charge in [0.25, 0.3) is 0 Å². The minimum atomic E-state index is -1.96. The number of benzene rings is 2. The summed E-state index contributed by atoms with van der Waals surface area (Å²) in [6, 6.07) is 11.4. The Balaban J connectivity index is 2.36. The fourth-order valence-corrected chi connectivity index (χ4v) is 4.59. The van der Waals surface area contributed by atoms with Gasteiger partial charge in [-0.15, -0.1) is 0 Å². The fraction of sp³-hybridized carbons (Fsp3) is 0.278. The molecule has 0 unspecified atom stereocenters. The van der Waals surface area contributed by atoms with E-state index in [1.165, 1.54) is 0 Å². The van der Waals surface area contributed by atoms with Gasteiger partial charge in [0.2, 0.25) is 0 Å². The standard InChI is InChI=1S/C18H19Cl2NO.2ClH.Ru/c1-12(2)22-18-8-6-16(20)10-14(18)11-21(4)17-7-5-15(19)9-13(17)3;;;/h3,5-10,12H,11H2,1-2,4H3;2*1H;/q;;;+2/p-2. The van der Waals surface area contributed by atoms with E-state index in [2.05, 4.69) is 4.90 Å². The second-order valence-electron chi connectivity index (χ2n) is 5.78. The zero-order chi connectivity index (χ0) is 18.6. The van der Waals surface area contributed by atoms with Gasteiger partial charge in [0.05, 0.1) is 0 Å². The quantitative estimate of drug-likeness (QED) is 0.414. The average Bonchev–Trinajstić information content (AvgIpc) is 2.49. The van der Waals surface area contributed by atoms with Gasteiger partial charge >= 0.3 is 173 Å². The second-order valence-corrected chi connectivity index (χ2v) is 12.4. The van der Waals surface area contributed by atoms with E-state index >= 15 is 0 Å². The van der Waals surface area contributed by atoms with Gasteiger partial charge in [0, 0.05) is 0 Å². The van der Waals surface area contributed by atoms with E-state index < -0.39 is 13.5 Å². The van der Waals surface area contributed by atoms with E-state index in [1.54, 1.807) is 0 Å². The van der Waals surface area contributed by atoms with Gasteiger partial charge in [0.1, 0.15) is 0 Å². The summed E-state index contributed by atoms with van der Waals surface area (Å²) in [5.74, 6) is 0.827. The molecule has 2 nitrogen and oxygen atoms in total. The molecule has 0 atom stereocenters. The molecule has 0 spiro atoms. The first-order valence-corrected chi connectivity index (χ1v) is 13.8. The number of ether oxygens (including phenoxy) is 1. The SMILES string of the molecule is CC(C)Oc1ccc(Cl)cc1CN(C)c1ccc(Cl)cc1[CH]=[Ru]([Cl])[Cl]. The third-order valence-corrected chi connectivity index (χ3v) is 5.68. The monoisotopic (exact) mass is 507 g/mol. The van der Waals surface area contributed by atoms with Crippen LogP contribution in [0, 0.1) is 0 Å². The molecule has 0 radical (unpaired) electrons. The molecule has 0 N–H and O–H groups in total. The van der Waals surface area contributed by atoms with E-state index in [1.807, 2.05) is 61.9 Å². The van der Waals surface area contributed by atoms with Crippen LogP contribution in [-0.2, 0) is 20.1 Å². The van der Waals surface area contributed by atoms with E-state index in [9.17, 15) is 0 Å². The summed E-state index contributed by atoms with van der Waals surface area (Å²) in [6.45, 7) is 4.63. The van der Waals surface area contributed by atoms with Crippen LogP contribution in [0.5, 0.6) is 5.75 Å². The van der Waals surface area contributed by atoms with Crippen LogP contribution in [0.4, 0.5) is 5.69 Å². The molecule has 0 heterocycles. The van der Waals surface area contributed by atoms with Crippen LogP contribution < -0.4 is 9.64 Å². The molecule has 0 aliphatic rings. The van der Waals surface area contributed by atoms with E-state index in [-0.39, 0.29) is 6.10 Å². The van der Waals surface area contributed by atoms with Crippen molar-refractivity contribution in [3.63, 3.8) is 0 Å². The maximum atomic E-state index is 6.18. The predicted molar refractivity (Wildman–Crippen MR) is 108 cm³/mol. The van der Waals surface area contributed by atoms with Crippen molar-refractivity contribution in [1.82, 2.24) is 0 Å². The maximum absolute atomic E-state index is 6.18. The van der Waals surface area contributed by atoms with E-state index in [0.717, 1.165) is 22.6 Å². The Morgan fingerprint density at radius 1 is 1.08 bits per heavy atom. The number of anilines is 1. The van der Waals surface area contributed by atoms with Crippen LogP contribution >= 0.6 is 42.6 Å². The third kappa shape index (κ3) is 6.41. The number of halogens is 4. The Bertz CT molecular complexity index is 776. The molecule has 0 fully saturated rings. The van der Waals surface area contributed by atoms with Crippen LogP contribution in [-0.4, -0.2) is 17.8 Å². The van der Waals surface area contributed by atoms with Crippen molar-refractivity contribution in [1.29, 1.82) is 0 Å². The van der Waals surface area contributed by atoms with Crippen molar-refractivity contribution in [2.75, 3.05) is 11.9 Å². The average molecular weight is 508 g/mol. The molecule has 2 aromatic carbocycles. The molecule has 0 saturated heterocycles. The molecule has 2 rings (SSSR count). The number of hydrogen-bond donors (Lipinski definition) is 0. The van der Waals surface area contributed by atoms with Crippen molar-refractivity contribution in [2.45, 2.75) is 26.5 Å². The molecular formula is C18H19Cl4NORu. The molecule has 25 heavy (non-hydrogen) atoms. The molecule has 138 valence electrons. The van der Waals surface area contributed by atoms with E-state index in [0.29, 0.717) is 16.6 Å². The number of hydrogen-bond acceptors (Lipinski definition) is 2. The topological polar surface area (TPSA) is 12.5 Å². The summed E-state index contributed by atoms with van der Waals surface area (Å²) >= 11 is 10.3. The first-order chi connectivity index (χ1) is 11.8. The molecule has 0 aliphatic heterocycles. The van der Waals surface area contributed by atoms with Gasteiger partial charge in [-0.2, -0.15) is 0 Å².